The standard InChI is InChI=1S/C8H9N3O.C2H6/c1-3-6-5-10-11(2)8(12)7(6)4-9;1-2/h5H,3H2,1-2H3;1-2H3. The Kier molecular flexibility index (Phi) is 5.23. The third-order valence-electron chi connectivity index (χ3n) is 1.71. The zero-order valence-electron chi connectivity index (χ0n) is 9.03. The Morgan fingerprint density at radius 3 is 2.57 bits per heavy atom. The molecule has 0 unspecified atom stereocenters. The zero-order valence-corrected chi connectivity index (χ0v) is 9.03. The van der Waals surface area contributed by atoms with E-state index in [0.717, 1.165) is 4.68 Å². The third kappa shape index (κ3) is 2.43. The van der Waals surface area contributed by atoms with E-state index in [9.17, 15) is 4.79 Å². The molecule has 0 amide bonds. The van der Waals surface area contributed by atoms with Crippen LogP contribution in [0.3, 0.4) is 0 Å². The highest BCUT2D eigenvalue weighted by Gasteiger charge is 2.06. The van der Waals surface area contributed by atoms with E-state index in [1.54, 1.807) is 6.20 Å². The minimum Gasteiger partial charge on any atom is -0.266 e. The molecule has 1 heterocycles. The third-order valence-corrected chi connectivity index (χ3v) is 1.71. The van der Waals surface area contributed by atoms with Gasteiger partial charge in [0.15, 0.2) is 0 Å². The van der Waals surface area contributed by atoms with Crippen LogP contribution in [-0.2, 0) is 13.5 Å². The van der Waals surface area contributed by atoms with Crippen LogP contribution in [0.4, 0.5) is 0 Å². The summed E-state index contributed by atoms with van der Waals surface area (Å²) in [6.45, 7) is 5.89. The van der Waals surface area contributed by atoms with Crippen LogP contribution in [-0.4, -0.2) is 9.78 Å². The van der Waals surface area contributed by atoms with Gasteiger partial charge in [0.25, 0.3) is 5.56 Å². The molecule has 4 heteroatoms. The van der Waals surface area contributed by atoms with E-state index in [4.69, 9.17) is 5.26 Å². The lowest BCUT2D eigenvalue weighted by molar-refractivity contribution is 0.696. The van der Waals surface area contributed by atoms with Gasteiger partial charge in [0, 0.05) is 7.05 Å². The largest absolute Gasteiger partial charge is 0.284 e. The van der Waals surface area contributed by atoms with E-state index < -0.39 is 0 Å². The van der Waals surface area contributed by atoms with E-state index in [1.807, 2.05) is 26.8 Å². The molecule has 76 valence electrons. The lowest BCUT2D eigenvalue weighted by Crippen LogP contribution is -2.23. The molecule has 1 aromatic rings. The van der Waals surface area contributed by atoms with Crippen molar-refractivity contribution in [2.24, 2.45) is 7.05 Å². The van der Waals surface area contributed by atoms with Crippen molar-refractivity contribution in [3.63, 3.8) is 0 Å². The molecular weight excluding hydrogens is 178 g/mol. The molecule has 4 nitrogen and oxygen atoms in total. The molecule has 0 aromatic carbocycles. The van der Waals surface area contributed by atoms with Gasteiger partial charge >= 0.3 is 0 Å². The lowest BCUT2D eigenvalue weighted by Gasteiger charge is -2.00. The van der Waals surface area contributed by atoms with Crippen LogP contribution in [0.5, 0.6) is 0 Å². The normalized spacial score (nSPS) is 8.50. The lowest BCUT2D eigenvalue weighted by atomic mass is 10.1. The first-order valence-electron chi connectivity index (χ1n) is 4.66. The Morgan fingerprint density at radius 2 is 2.14 bits per heavy atom. The molecule has 0 saturated heterocycles. The fraction of sp³-hybridized carbons (Fsp3) is 0.500. The highest BCUT2D eigenvalue weighted by molar-refractivity contribution is 5.33. The van der Waals surface area contributed by atoms with Crippen molar-refractivity contribution < 1.29 is 0 Å². The second kappa shape index (κ2) is 5.92. The monoisotopic (exact) mass is 193 g/mol. The molecule has 0 spiro atoms. The van der Waals surface area contributed by atoms with Gasteiger partial charge in [-0.25, -0.2) is 4.68 Å². The maximum Gasteiger partial charge on any atom is 0.284 e. The SMILES string of the molecule is CC.CCc1cnn(C)c(=O)c1C#N. The number of rotatable bonds is 1. The minimum atomic E-state index is -0.322. The van der Waals surface area contributed by atoms with Gasteiger partial charge in [-0.3, -0.25) is 4.79 Å². The molecule has 0 bridgehead atoms. The molecule has 14 heavy (non-hydrogen) atoms. The predicted octanol–water partition coefficient (Wildman–Crippen LogP) is 1.24. The van der Waals surface area contributed by atoms with Crippen molar-refractivity contribution in [2.45, 2.75) is 27.2 Å². The van der Waals surface area contributed by atoms with Crippen LogP contribution in [0.2, 0.25) is 0 Å². The Hall–Kier alpha value is -1.63. The van der Waals surface area contributed by atoms with Crippen LogP contribution in [0.1, 0.15) is 31.9 Å². The number of hydrogen-bond acceptors (Lipinski definition) is 3. The maximum atomic E-state index is 11.3. The Labute approximate surface area is 83.8 Å². The number of aryl methyl sites for hydroxylation is 2. The average molecular weight is 193 g/mol. The summed E-state index contributed by atoms with van der Waals surface area (Å²) in [7, 11) is 1.53. The number of nitrogens with zero attached hydrogens (tertiary/aromatic N) is 3. The number of nitriles is 1. The van der Waals surface area contributed by atoms with Gasteiger partial charge < -0.3 is 0 Å². The summed E-state index contributed by atoms with van der Waals surface area (Å²) in [4.78, 5) is 11.3. The number of aromatic nitrogens is 2. The molecule has 0 radical (unpaired) electrons. The topological polar surface area (TPSA) is 58.7 Å². The molecule has 0 saturated carbocycles. The predicted molar refractivity (Wildman–Crippen MR) is 54.9 cm³/mol. The molecule has 0 aliphatic carbocycles. The smallest absolute Gasteiger partial charge is 0.266 e. The quantitative estimate of drug-likeness (QED) is 0.674. The minimum absolute atomic E-state index is 0.204. The molecule has 0 fully saturated rings. The fourth-order valence-electron chi connectivity index (χ4n) is 0.960. The summed E-state index contributed by atoms with van der Waals surface area (Å²) in [6.07, 6.45) is 2.21. The van der Waals surface area contributed by atoms with Crippen molar-refractivity contribution in [3.05, 3.63) is 27.7 Å². The zero-order chi connectivity index (χ0) is 11.1. The van der Waals surface area contributed by atoms with Crippen molar-refractivity contribution in [1.29, 1.82) is 5.26 Å². The van der Waals surface area contributed by atoms with E-state index in [2.05, 4.69) is 5.10 Å². The van der Waals surface area contributed by atoms with Gasteiger partial charge in [-0.05, 0) is 12.0 Å². The first kappa shape index (κ1) is 12.4. The van der Waals surface area contributed by atoms with Crippen LogP contribution in [0.25, 0.3) is 0 Å². The summed E-state index contributed by atoms with van der Waals surface area (Å²) in [5.74, 6) is 0. The molecule has 0 aliphatic rings. The first-order chi connectivity index (χ1) is 6.70. The molecule has 0 aliphatic heterocycles. The molecule has 0 N–H and O–H groups in total. The Balaban J connectivity index is 0.000000791. The number of hydrogen-bond donors (Lipinski definition) is 0. The van der Waals surface area contributed by atoms with E-state index >= 15 is 0 Å². The fourth-order valence-corrected chi connectivity index (χ4v) is 0.960. The Bertz CT molecular complexity index is 387. The van der Waals surface area contributed by atoms with Crippen LogP contribution in [0.15, 0.2) is 11.0 Å². The van der Waals surface area contributed by atoms with Crippen molar-refractivity contribution in [1.82, 2.24) is 9.78 Å². The van der Waals surface area contributed by atoms with Crippen molar-refractivity contribution in [3.8, 4) is 6.07 Å². The summed E-state index contributed by atoms with van der Waals surface area (Å²) >= 11 is 0. The molecule has 1 aromatic heterocycles. The second-order valence-electron chi connectivity index (χ2n) is 2.44. The van der Waals surface area contributed by atoms with Crippen molar-refractivity contribution >= 4 is 0 Å². The van der Waals surface area contributed by atoms with Gasteiger partial charge in [0.2, 0.25) is 0 Å². The van der Waals surface area contributed by atoms with Gasteiger partial charge in [-0.15, -0.1) is 0 Å². The van der Waals surface area contributed by atoms with Gasteiger partial charge in [-0.2, -0.15) is 10.4 Å². The van der Waals surface area contributed by atoms with Gasteiger partial charge in [0.1, 0.15) is 11.6 Å². The Morgan fingerprint density at radius 1 is 1.57 bits per heavy atom. The summed E-state index contributed by atoms with van der Waals surface area (Å²) < 4.78 is 1.16. The van der Waals surface area contributed by atoms with Gasteiger partial charge in [-0.1, -0.05) is 20.8 Å². The second-order valence-corrected chi connectivity index (χ2v) is 2.44. The summed E-state index contributed by atoms with van der Waals surface area (Å²) in [5, 5.41) is 12.5. The van der Waals surface area contributed by atoms with E-state index in [1.165, 1.54) is 7.05 Å². The van der Waals surface area contributed by atoms with Gasteiger partial charge in [0.05, 0.1) is 6.20 Å². The first-order valence-corrected chi connectivity index (χ1v) is 4.66. The van der Waals surface area contributed by atoms with Crippen LogP contribution >= 0.6 is 0 Å². The van der Waals surface area contributed by atoms with Crippen LogP contribution in [0, 0.1) is 11.3 Å². The van der Waals surface area contributed by atoms with Crippen molar-refractivity contribution in [2.75, 3.05) is 0 Å². The summed E-state index contributed by atoms with van der Waals surface area (Å²) in [5.41, 5.74) is 0.590. The highest BCUT2D eigenvalue weighted by atomic mass is 16.1. The molecule has 1 rings (SSSR count). The summed E-state index contributed by atoms with van der Waals surface area (Å²) in [6, 6.07) is 1.88. The van der Waals surface area contributed by atoms with E-state index in [-0.39, 0.29) is 11.1 Å². The van der Waals surface area contributed by atoms with Crippen LogP contribution < -0.4 is 5.56 Å². The maximum absolute atomic E-state index is 11.3. The molecular formula is C10H15N3O. The highest BCUT2D eigenvalue weighted by Crippen LogP contribution is 1.99. The average Bonchev–Trinajstić information content (AvgIpc) is 2.24. The molecule has 0 atom stereocenters. The van der Waals surface area contributed by atoms with E-state index in [0.29, 0.717) is 12.0 Å².